The van der Waals surface area contributed by atoms with Gasteiger partial charge in [0.2, 0.25) is 5.91 Å². The summed E-state index contributed by atoms with van der Waals surface area (Å²) in [5.74, 6) is 2.56. The second-order valence-corrected chi connectivity index (χ2v) is 6.59. The molecule has 1 unspecified atom stereocenters. The molecule has 4 nitrogen and oxygen atoms in total. The number of aliphatic hydroxyl groups is 1. The molecule has 98 valence electrons. The van der Waals surface area contributed by atoms with Gasteiger partial charge in [-0.15, -0.1) is 0 Å². The largest absolute Gasteiger partial charge is 0.386 e. The van der Waals surface area contributed by atoms with Crippen molar-refractivity contribution in [3.63, 3.8) is 0 Å². The van der Waals surface area contributed by atoms with Crippen molar-refractivity contribution in [1.82, 2.24) is 10.2 Å². The van der Waals surface area contributed by atoms with Crippen LogP contribution in [0.25, 0.3) is 0 Å². The van der Waals surface area contributed by atoms with Gasteiger partial charge in [0, 0.05) is 30.5 Å². The Morgan fingerprint density at radius 3 is 2.82 bits per heavy atom. The Balaban J connectivity index is 1.75. The third-order valence-corrected chi connectivity index (χ3v) is 4.91. The van der Waals surface area contributed by atoms with Crippen molar-refractivity contribution in [1.29, 1.82) is 0 Å². The Labute approximate surface area is 107 Å². The van der Waals surface area contributed by atoms with E-state index in [1.54, 1.807) is 4.90 Å². The molecule has 2 saturated heterocycles. The third kappa shape index (κ3) is 2.95. The average Bonchev–Trinajstić information content (AvgIpc) is 2.25. The van der Waals surface area contributed by atoms with Crippen LogP contribution in [0.1, 0.15) is 20.3 Å². The van der Waals surface area contributed by atoms with Crippen LogP contribution in [0, 0.1) is 5.92 Å². The van der Waals surface area contributed by atoms with E-state index in [1.807, 2.05) is 25.6 Å². The number of nitrogens with zero attached hydrogens (tertiary/aromatic N) is 1. The van der Waals surface area contributed by atoms with E-state index in [0.29, 0.717) is 25.6 Å². The first-order valence-corrected chi connectivity index (χ1v) is 7.48. The van der Waals surface area contributed by atoms with Crippen molar-refractivity contribution in [3.05, 3.63) is 0 Å². The number of β-amino-alcohol motifs (C(OH)–C–C–N with tert-alkyl or cyclic N) is 1. The SMILES string of the molecule is CC(C)C1(O)CN(C(=O)CC2CSCCN2)C1. The summed E-state index contributed by atoms with van der Waals surface area (Å²) in [5, 5.41) is 13.5. The lowest BCUT2D eigenvalue weighted by molar-refractivity contribution is -0.164. The molecule has 1 amide bonds. The van der Waals surface area contributed by atoms with Crippen molar-refractivity contribution >= 4 is 17.7 Å². The molecule has 2 aliphatic heterocycles. The van der Waals surface area contributed by atoms with Crippen LogP contribution in [-0.4, -0.2) is 58.7 Å². The number of carbonyl (C=O) groups is 1. The van der Waals surface area contributed by atoms with Crippen LogP contribution >= 0.6 is 11.8 Å². The van der Waals surface area contributed by atoms with Crippen LogP contribution in [0.2, 0.25) is 0 Å². The summed E-state index contributed by atoms with van der Waals surface area (Å²) in [5.41, 5.74) is -0.648. The topological polar surface area (TPSA) is 52.6 Å². The molecule has 2 N–H and O–H groups in total. The van der Waals surface area contributed by atoms with Gasteiger partial charge >= 0.3 is 0 Å². The Bertz CT molecular complexity index is 284. The van der Waals surface area contributed by atoms with Crippen molar-refractivity contribution in [2.24, 2.45) is 5.92 Å². The Hall–Kier alpha value is -0.260. The fourth-order valence-electron chi connectivity index (χ4n) is 2.25. The maximum atomic E-state index is 12.0. The highest BCUT2D eigenvalue weighted by atomic mass is 32.2. The number of hydrogen-bond acceptors (Lipinski definition) is 4. The van der Waals surface area contributed by atoms with Crippen molar-refractivity contribution in [2.75, 3.05) is 31.1 Å². The quantitative estimate of drug-likeness (QED) is 0.765. The Morgan fingerprint density at radius 1 is 1.59 bits per heavy atom. The highest BCUT2D eigenvalue weighted by Crippen LogP contribution is 2.29. The van der Waals surface area contributed by atoms with Gasteiger partial charge in [0.25, 0.3) is 0 Å². The van der Waals surface area contributed by atoms with Gasteiger partial charge in [0.05, 0.1) is 13.1 Å². The fraction of sp³-hybridized carbons (Fsp3) is 0.917. The molecule has 0 radical (unpaired) electrons. The first-order valence-electron chi connectivity index (χ1n) is 6.32. The molecule has 2 heterocycles. The van der Waals surface area contributed by atoms with E-state index in [2.05, 4.69) is 5.32 Å². The monoisotopic (exact) mass is 258 g/mol. The number of thioether (sulfide) groups is 1. The van der Waals surface area contributed by atoms with Crippen molar-refractivity contribution < 1.29 is 9.90 Å². The zero-order valence-electron chi connectivity index (χ0n) is 10.6. The third-order valence-electron chi connectivity index (χ3n) is 3.78. The van der Waals surface area contributed by atoms with E-state index in [1.165, 1.54) is 0 Å². The van der Waals surface area contributed by atoms with Gasteiger partial charge < -0.3 is 15.3 Å². The van der Waals surface area contributed by atoms with Crippen LogP contribution in [0.15, 0.2) is 0 Å². The number of likely N-dealkylation sites (tertiary alicyclic amines) is 1. The van der Waals surface area contributed by atoms with Crippen LogP contribution in [0.4, 0.5) is 0 Å². The van der Waals surface area contributed by atoms with Gasteiger partial charge in [-0.1, -0.05) is 13.8 Å². The highest BCUT2D eigenvalue weighted by molar-refractivity contribution is 7.99. The number of carbonyl (C=O) groups excluding carboxylic acids is 1. The highest BCUT2D eigenvalue weighted by Gasteiger charge is 2.45. The Kier molecular flexibility index (Phi) is 4.00. The minimum absolute atomic E-state index is 0.176. The number of amides is 1. The minimum atomic E-state index is -0.648. The molecule has 0 aromatic carbocycles. The maximum Gasteiger partial charge on any atom is 0.224 e. The molecule has 2 rings (SSSR count). The van der Waals surface area contributed by atoms with Gasteiger partial charge in [-0.25, -0.2) is 0 Å². The molecule has 0 saturated carbocycles. The molecule has 5 heteroatoms. The minimum Gasteiger partial charge on any atom is -0.386 e. The van der Waals surface area contributed by atoms with Crippen LogP contribution < -0.4 is 5.32 Å². The zero-order chi connectivity index (χ0) is 12.5. The number of rotatable bonds is 3. The molecule has 0 aliphatic carbocycles. The van der Waals surface area contributed by atoms with E-state index in [-0.39, 0.29) is 11.8 Å². The van der Waals surface area contributed by atoms with Crippen LogP contribution in [-0.2, 0) is 4.79 Å². The standard InChI is InChI=1S/C12H22N2O2S/c1-9(2)12(16)7-14(8-12)11(15)5-10-6-17-4-3-13-10/h9-10,13,16H,3-8H2,1-2H3. The van der Waals surface area contributed by atoms with E-state index in [0.717, 1.165) is 18.1 Å². The van der Waals surface area contributed by atoms with Gasteiger partial charge in [-0.3, -0.25) is 4.79 Å². The van der Waals surface area contributed by atoms with Crippen LogP contribution in [0.5, 0.6) is 0 Å². The Morgan fingerprint density at radius 2 is 2.29 bits per heavy atom. The van der Waals surface area contributed by atoms with Gasteiger partial charge in [-0.05, 0) is 5.92 Å². The average molecular weight is 258 g/mol. The molecular weight excluding hydrogens is 236 g/mol. The molecule has 0 aromatic heterocycles. The lowest BCUT2D eigenvalue weighted by atomic mass is 9.83. The molecule has 0 aromatic rings. The summed E-state index contributed by atoms with van der Waals surface area (Å²) in [6, 6.07) is 0.314. The predicted molar refractivity (Wildman–Crippen MR) is 70.1 cm³/mol. The summed E-state index contributed by atoms with van der Waals surface area (Å²) in [6.07, 6.45) is 0.571. The maximum absolute atomic E-state index is 12.0. The first kappa shape index (κ1) is 13.2. The van der Waals surface area contributed by atoms with Gasteiger partial charge in [-0.2, -0.15) is 11.8 Å². The zero-order valence-corrected chi connectivity index (χ0v) is 11.4. The summed E-state index contributed by atoms with van der Waals surface area (Å²) in [7, 11) is 0. The molecule has 2 fully saturated rings. The molecule has 0 bridgehead atoms. The van der Waals surface area contributed by atoms with E-state index in [9.17, 15) is 9.90 Å². The molecular formula is C12H22N2O2S. The second kappa shape index (κ2) is 5.16. The lowest BCUT2D eigenvalue weighted by Crippen LogP contribution is -2.66. The number of nitrogens with one attached hydrogen (secondary N) is 1. The second-order valence-electron chi connectivity index (χ2n) is 5.44. The van der Waals surface area contributed by atoms with Gasteiger partial charge in [0.1, 0.15) is 5.60 Å². The summed E-state index contributed by atoms with van der Waals surface area (Å²) < 4.78 is 0. The van der Waals surface area contributed by atoms with Crippen molar-refractivity contribution in [3.8, 4) is 0 Å². The lowest BCUT2D eigenvalue weighted by Gasteiger charge is -2.49. The smallest absolute Gasteiger partial charge is 0.224 e. The summed E-state index contributed by atoms with van der Waals surface area (Å²) in [6.45, 7) is 6.01. The molecule has 2 aliphatic rings. The van der Waals surface area contributed by atoms with Gasteiger partial charge in [0.15, 0.2) is 0 Å². The number of hydrogen-bond donors (Lipinski definition) is 2. The summed E-state index contributed by atoms with van der Waals surface area (Å²) >= 11 is 1.90. The van der Waals surface area contributed by atoms with E-state index < -0.39 is 5.60 Å². The normalized spacial score (nSPS) is 28.0. The molecule has 0 spiro atoms. The van der Waals surface area contributed by atoms with E-state index in [4.69, 9.17) is 0 Å². The van der Waals surface area contributed by atoms with Crippen molar-refractivity contribution in [2.45, 2.75) is 31.9 Å². The predicted octanol–water partition coefficient (Wildman–Crippen LogP) is 0.311. The fourth-order valence-corrected chi connectivity index (χ4v) is 3.20. The van der Waals surface area contributed by atoms with Crippen LogP contribution in [0.3, 0.4) is 0 Å². The molecule has 1 atom stereocenters. The van der Waals surface area contributed by atoms with E-state index >= 15 is 0 Å². The summed E-state index contributed by atoms with van der Waals surface area (Å²) in [4.78, 5) is 13.7. The first-order chi connectivity index (χ1) is 8.01. The molecule has 17 heavy (non-hydrogen) atoms.